The maximum absolute atomic E-state index is 11.2. The molecule has 1 rings (SSSR count). The Morgan fingerprint density at radius 1 is 1.55 bits per heavy atom. The molecule has 0 amide bonds. The first-order valence-electron chi connectivity index (χ1n) is 3.52. The van der Waals surface area contributed by atoms with Crippen molar-refractivity contribution in [3.63, 3.8) is 0 Å². The molecule has 1 heterocycles. The molecule has 0 spiro atoms. The SMILES string of the molecule is O=S1(=O)NCCCN1CCS. The highest BCUT2D eigenvalue weighted by atomic mass is 32.2. The van der Waals surface area contributed by atoms with Crippen molar-refractivity contribution in [1.29, 1.82) is 0 Å². The van der Waals surface area contributed by atoms with E-state index in [1.54, 1.807) is 0 Å². The van der Waals surface area contributed by atoms with Crippen molar-refractivity contribution in [2.75, 3.05) is 25.4 Å². The monoisotopic (exact) mass is 196 g/mol. The fraction of sp³-hybridized carbons (Fsp3) is 1.00. The lowest BCUT2D eigenvalue weighted by molar-refractivity contribution is 0.390. The Hall–Kier alpha value is 0.220. The van der Waals surface area contributed by atoms with Gasteiger partial charge in [-0.1, -0.05) is 0 Å². The normalized spacial score (nSPS) is 25.2. The fourth-order valence-corrected chi connectivity index (χ4v) is 2.67. The van der Waals surface area contributed by atoms with Gasteiger partial charge in [0.05, 0.1) is 0 Å². The van der Waals surface area contributed by atoms with E-state index < -0.39 is 10.2 Å². The molecule has 0 aromatic carbocycles. The number of nitrogens with one attached hydrogen (secondary N) is 1. The van der Waals surface area contributed by atoms with Crippen molar-refractivity contribution in [1.82, 2.24) is 9.03 Å². The standard InChI is InChI=1S/C5H12N2O2S2/c8-11(9)6-2-1-3-7(11)4-5-10/h6,10H,1-5H2. The summed E-state index contributed by atoms with van der Waals surface area (Å²) in [5.41, 5.74) is 0. The van der Waals surface area contributed by atoms with Gasteiger partial charge in [0, 0.05) is 25.4 Å². The van der Waals surface area contributed by atoms with Gasteiger partial charge in [-0.25, -0.2) is 4.72 Å². The molecule has 0 bridgehead atoms. The first-order chi connectivity index (χ1) is 5.17. The molecule has 1 aliphatic heterocycles. The van der Waals surface area contributed by atoms with E-state index in [4.69, 9.17) is 0 Å². The Balaban J connectivity index is 2.60. The number of hydrogen-bond acceptors (Lipinski definition) is 3. The lowest BCUT2D eigenvalue weighted by atomic mass is 10.4. The van der Waals surface area contributed by atoms with Crippen molar-refractivity contribution < 1.29 is 8.42 Å². The second-order valence-electron chi connectivity index (χ2n) is 2.38. The van der Waals surface area contributed by atoms with E-state index in [1.807, 2.05) is 0 Å². The molecule has 0 radical (unpaired) electrons. The van der Waals surface area contributed by atoms with Gasteiger partial charge in [0.15, 0.2) is 0 Å². The van der Waals surface area contributed by atoms with Crippen LogP contribution in [0.3, 0.4) is 0 Å². The molecule has 0 aromatic heterocycles. The van der Waals surface area contributed by atoms with Gasteiger partial charge in [-0.2, -0.15) is 25.4 Å². The van der Waals surface area contributed by atoms with Crippen LogP contribution in [0.5, 0.6) is 0 Å². The van der Waals surface area contributed by atoms with Crippen LogP contribution in [0, 0.1) is 0 Å². The van der Waals surface area contributed by atoms with Crippen molar-refractivity contribution in [2.24, 2.45) is 0 Å². The highest BCUT2D eigenvalue weighted by molar-refractivity contribution is 7.87. The molecular formula is C5H12N2O2S2. The smallest absolute Gasteiger partial charge is 0.202 e. The Kier molecular flexibility index (Phi) is 3.17. The Morgan fingerprint density at radius 3 is 2.82 bits per heavy atom. The van der Waals surface area contributed by atoms with Crippen molar-refractivity contribution >= 4 is 22.8 Å². The molecule has 0 atom stereocenters. The van der Waals surface area contributed by atoms with Gasteiger partial charge < -0.3 is 0 Å². The summed E-state index contributed by atoms with van der Waals surface area (Å²) in [5.74, 6) is 0.570. The summed E-state index contributed by atoms with van der Waals surface area (Å²) in [6, 6.07) is 0. The van der Waals surface area contributed by atoms with E-state index >= 15 is 0 Å². The number of rotatable bonds is 2. The zero-order chi connectivity index (χ0) is 8.32. The molecule has 0 aliphatic carbocycles. The molecule has 1 fully saturated rings. The van der Waals surface area contributed by atoms with Gasteiger partial charge in [-0.15, -0.1) is 0 Å². The van der Waals surface area contributed by atoms with E-state index in [-0.39, 0.29) is 0 Å². The van der Waals surface area contributed by atoms with Crippen LogP contribution < -0.4 is 4.72 Å². The summed E-state index contributed by atoms with van der Waals surface area (Å²) in [5, 5.41) is 0. The quantitative estimate of drug-likeness (QED) is 0.583. The maximum Gasteiger partial charge on any atom is 0.279 e. The van der Waals surface area contributed by atoms with Gasteiger partial charge in [0.1, 0.15) is 0 Å². The summed E-state index contributed by atoms with van der Waals surface area (Å²) >= 11 is 3.97. The van der Waals surface area contributed by atoms with Gasteiger partial charge in [0.2, 0.25) is 0 Å². The number of nitrogens with zero attached hydrogens (tertiary/aromatic N) is 1. The number of thiol groups is 1. The Labute approximate surface area is 72.6 Å². The summed E-state index contributed by atoms with van der Waals surface area (Å²) in [6.07, 6.45) is 0.882. The lowest BCUT2D eigenvalue weighted by Gasteiger charge is -2.25. The maximum atomic E-state index is 11.2. The van der Waals surface area contributed by atoms with E-state index in [9.17, 15) is 8.42 Å². The third-order valence-corrected chi connectivity index (χ3v) is 3.37. The molecule has 1 saturated heterocycles. The van der Waals surface area contributed by atoms with E-state index in [1.165, 1.54) is 4.31 Å². The van der Waals surface area contributed by atoms with Crippen LogP contribution in [0.2, 0.25) is 0 Å². The number of hydrogen-bond donors (Lipinski definition) is 2. The lowest BCUT2D eigenvalue weighted by Crippen LogP contribution is -2.47. The molecule has 0 aromatic rings. The van der Waals surface area contributed by atoms with Crippen molar-refractivity contribution in [3.8, 4) is 0 Å². The van der Waals surface area contributed by atoms with Crippen LogP contribution in [0.4, 0.5) is 0 Å². The minimum Gasteiger partial charge on any atom is -0.202 e. The molecule has 1 N–H and O–H groups in total. The van der Waals surface area contributed by atoms with E-state index in [0.29, 0.717) is 25.4 Å². The first kappa shape index (κ1) is 9.31. The van der Waals surface area contributed by atoms with Crippen molar-refractivity contribution in [2.45, 2.75) is 6.42 Å². The first-order valence-corrected chi connectivity index (χ1v) is 5.59. The summed E-state index contributed by atoms with van der Waals surface area (Å²) < 4.78 is 26.2. The summed E-state index contributed by atoms with van der Waals surface area (Å²) in [6.45, 7) is 1.68. The Bertz CT molecular complexity index is 213. The molecule has 1 aliphatic rings. The Morgan fingerprint density at radius 2 is 2.27 bits per heavy atom. The molecule has 0 saturated carbocycles. The zero-order valence-electron chi connectivity index (χ0n) is 6.15. The average Bonchev–Trinajstić information content (AvgIpc) is 1.94. The molecule has 11 heavy (non-hydrogen) atoms. The molecular weight excluding hydrogens is 184 g/mol. The van der Waals surface area contributed by atoms with Crippen LogP contribution in [0.15, 0.2) is 0 Å². The summed E-state index contributed by atoms with van der Waals surface area (Å²) in [7, 11) is -3.15. The third kappa shape index (κ3) is 2.33. The molecule has 6 heteroatoms. The predicted molar refractivity (Wildman–Crippen MR) is 47.0 cm³/mol. The minimum atomic E-state index is -3.15. The van der Waals surface area contributed by atoms with Gasteiger partial charge in [0.25, 0.3) is 10.2 Å². The van der Waals surface area contributed by atoms with Crippen LogP contribution in [-0.2, 0) is 10.2 Å². The molecule has 0 unspecified atom stereocenters. The summed E-state index contributed by atoms with van der Waals surface area (Å²) in [4.78, 5) is 0. The van der Waals surface area contributed by atoms with Gasteiger partial charge in [-0.05, 0) is 6.42 Å². The zero-order valence-corrected chi connectivity index (χ0v) is 7.87. The second-order valence-corrected chi connectivity index (χ2v) is 4.58. The molecule has 66 valence electrons. The van der Waals surface area contributed by atoms with Crippen LogP contribution >= 0.6 is 12.6 Å². The molecule has 4 nitrogen and oxygen atoms in total. The highest BCUT2D eigenvalue weighted by Crippen LogP contribution is 2.04. The largest absolute Gasteiger partial charge is 0.279 e. The van der Waals surface area contributed by atoms with E-state index in [2.05, 4.69) is 17.4 Å². The van der Waals surface area contributed by atoms with Gasteiger partial charge in [-0.3, -0.25) is 0 Å². The van der Waals surface area contributed by atoms with Crippen molar-refractivity contribution in [3.05, 3.63) is 0 Å². The predicted octanol–water partition coefficient (Wildman–Crippen LogP) is -0.544. The van der Waals surface area contributed by atoms with E-state index in [0.717, 1.165) is 6.42 Å². The topological polar surface area (TPSA) is 49.4 Å². The van der Waals surface area contributed by atoms with Crippen LogP contribution in [0.1, 0.15) is 6.42 Å². The fourth-order valence-electron chi connectivity index (χ4n) is 1.01. The van der Waals surface area contributed by atoms with Gasteiger partial charge >= 0.3 is 0 Å². The van der Waals surface area contributed by atoms with Crippen LogP contribution in [0.25, 0.3) is 0 Å². The minimum absolute atomic E-state index is 0.498. The average molecular weight is 196 g/mol. The second kappa shape index (κ2) is 3.75. The third-order valence-electron chi connectivity index (χ3n) is 1.56. The van der Waals surface area contributed by atoms with Crippen LogP contribution in [-0.4, -0.2) is 38.1 Å². The highest BCUT2D eigenvalue weighted by Gasteiger charge is 2.23.